The molecule has 0 radical (unpaired) electrons. The van der Waals surface area contributed by atoms with Gasteiger partial charge < -0.3 is 14.8 Å². The van der Waals surface area contributed by atoms with Gasteiger partial charge in [-0.2, -0.15) is 0 Å². The molecule has 2 aliphatic rings. The third-order valence-corrected chi connectivity index (χ3v) is 3.51. The molecular formula is C13H14N2O3S. The van der Waals surface area contributed by atoms with Crippen LogP contribution < -0.4 is 14.8 Å². The van der Waals surface area contributed by atoms with Crippen molar-refractivity contribution >= 4 is 23.2 Å². The number of thiocarbonyl (C=S) groups is 1. The van der Waals surface area contributed by atoms with Gasteiger partial charge in [-0.3, -0.25) is 9.69 Å². The summed E-state index contributed by atoms with van der Waals surface area (Å²) in [4.78, 5) is 13.5. The van der Waals surface area contributed by atoms with Crippen molar-refractivity contribution in [1.29, 1.82) is 0 Å². The molecule has 2 aliphatic heterocycles. The van der Waals surface area contributed by atoms with E-state index >= 15 is 0 Å². The van der Waals surface area contributed by atoms with E-state index in [1.807, 2.05) is 24.3 Å². The number of fused-ring (bicyclic) bond motifs is 1. The highest BCUT2D eigenvalue weighted by Crippen LogP contribution is 2.31. The third kappa shape index (κ3) is 2.23. The lowest BCUT2D eigenvalue weighted by Crippen LogP contribution is -2.43. The summed E-state index contributed by atoms with van der Waals surface area (Å²) in [6, 6.07) is 7.24. The second kappa shape index (κ2) is 4.70. The molecule has 19 heavy (non-hydrogen) atoms. The Hall–Kier alpha value is -1.82. The molecule has 3 rings (SSSR count). The molecule has 0 aromatic heterocycles. The fraction of sp³-hybridized carbons (Fsp3) is 0.385. The summed E-state index contributed by atoms with van der Waals surface area (Å²) in [6.07, 6.45) is -0.205. The molecule has 0 saturated carbocycles. The first-order valence-corrected chi connectivity index (χ1v) is 6.56. The van der Waals surface area contributed by atoms with Crippen LogP contribution >= 0.6 is 12.2 Å². The van der Waals surface area contributed by atoms with Gasteiger partial charge in [0.25, 0.3) is 5.91 Å². The zero-order valence-electron chi connectivity index (χ0n) is 10.5. The lowest BCUT2D eigenvalue weighted by Gasteiger charge is -2.29. The topological polar surface area (TPSA) is 50.8 Å². The number of benzene rings is 1. The van der Waals surface area contributed by atoms with Gasteiger partial charge in [-0.05, 0) is 31.3 Å². The Balaban J connectivity index is 1.70. The quantitative estimate of drug-likeness (QED) is 0.816. The van der Waals surface area contributed by atoms with Crippen molar-refractivity contribution in [3.8, 4) is 11.5 Å². The van der Waals surface area contributed by atoms with Crippen molar-refractivity contribution in [3.05, 3.63) is 24.3 Å². The molecule has 1 aromatic rings. The predicted octanol–water partition coefficient (Wildman–Crippen LogP) is 0.932. The first kappa shape index (κ1) is 12.2. The number of nitrogens with zero attached hydrogens (tertiary/aromatic N) is 1. The van der Waals surface area contributed by atoms with Crippen LogP contribution in [0.25, 0.3) is 0 Å². The smallest absolute Gasteiger partial charge is 0.251 e. The Kier molecular flexibility index (Phi) is 3.02. The Morgan fingerprint density at radius 2 is 2.16 bits per heavy atom. The van der Waals surface area contributed by atoms with E-state index in [4.69, 9.17) is 21.7 Å². The van der Waals surface area contributed by atoms with Crippen molar-refractivity contribution in [3.63, 3.8) is 0 Å². The fourth-order valence-corrected chi connectivity index (χ4v) is 2.53. The van der Waals surface area contributed by atoms with Crippen LogP contribution in [-0.4, -0.2) is 41.2 Å². The number of carbonyl (C=O) groups is 1. The molecule has 1 fully saturated rings. The number of hydrogen-bond acceptors (Lipinski definition) is 4. The van der Waals surface area contributed by atoms with Gasteiger partial charge in [-0.25, -0.2) is 0 Å². The van der Waals surface area contributed by atoms with Crippen LogP contribution in [-0.2, 0) is 4.79 Å². The number of para-hydroxylation sites is 2. The summed E-state index contributed by atoms with van der Waals surface area (Å²) in [5, 5.41) is 3.40. The molecule has 0 bridgehead atoms. The van der Waals surface area contributed by atoms with Crippen molar-refractivity contribution in [1.82, 2.24) is 10.2 Å². The van der Waals surface area contributed by atoms with E-state index in [1.54, 1.807) is 11.8 Å². The maximum Gasteiger partial charge on any atom is 0.251 e. The molecule has 1 saturated heterocycles. The number of ether oxygens (including phenoxy) is 2. The number of amides is 1. The average Bonchev–Trinajstić information content (AvgIpc) is 2.65. The monoisotopic (exact) mass is 278 g/mol. The van der Waals surface area contributed by atoms with Gasteiger partial charge in [0, 0.05) is 0 Å². The summed E-state index contributed by atoms with van der Waals surface area (Å²) in [5.41, 5.74) is 0. The van der Waals surface area contributed by atoms with Crippen molar-refractivity contribution in [2.24, 2.45) is 0 Å². The largest absolute Gasteiger partial charge is 0.486 e. The lowest BCUT2D eigenvalue weighted by molar-refractivity contribution is -0.127. The molecule has 0 unspecified atom stereocenters. The van der Waals surface area contributed by atoms with Crippen LogP contribution in [0.5, 0.6) is 11.5 Å². The van der Waals surface area contributed by atoms with E-state index in [0.717, 1.165) is 5.75 Å². The fourth-order valence-electron chi connectivity index (χ4n) is 2.19. The van der Waals surface area contributed by atoms with E-state index in [0.29, 0.717) is 24.0 Å². The second-order valence-electron chi connectivity index (χ2n) is 4.62. The summed E-state index contributed by atoms with van der Waals surface area (Å²) in [5.74, 6) is 1.42. The Bertz CT molecular complexity index is 534. The highest BCUT2D eigenvalue weighted by atomic mass is 32.1. The number of hydrogen-bond donors (Lipinski definition) is 1. The van der Waals surface area contributed by atoms with Gasteiger partial charge in [0.2, 0.25) is 0 Å². The number of rotatable bonds is 2. The first-order valence-electron chi connectivity index (χ1n) is 6.15. The van der Waals surface area contributed by atoms with E-state index in [-0.39, 0.29) is 18.1 Å². The predicted molar refractivity (Wildman–Crippen MR) is 73.3 cm³/mol. The molecular weight excluding hydrogens is 264 g/mol. The van der Waals surface area contributed by atoms with Gasteiger partial charge in [-0.1, -0.05) is 12.1 Å². The summed E-state index contributed by atoms with van der Waals surface area (Å²) >= 11 is 5.14. The molecule has 6 heteroatoms. The maximum absolute atomic E-state index is 11.9. The van der Waals surface area contributed by atoms with Crippen LogP contribution in [0.3, 0.4) is 0 Å². The van der Waals surface area contributed by atoms with Crippen LogP contribution in [0.15, 0.2) is 24.3 Å². The standard InChI is InChI=1S/C13H14N2O3S/c1-8-12(16)15(13(19)14-8)6-9-7-17-10-4-2-3-5-11(10)18-9/h2-5,8-9H,6-7H2,1H3,(H,14,19)/t8-,9+/m1/s1. The van der Waals surface area contributed by atoms with Gasteiger partial charge in [0.1, 0.15) is 12.6 Å². The third-order valence-electron chi connectivity index (χ3n) is 3.18. The normalized spacial score (nSPS) is 25.4. The number of nitrogens with one attached hydrogen (secondary N) is 1. The molecule has 1 N–H and O–H groups in total. The van der Waals surface area contributed by atoms with Crippen LogP contribution in [0.1, 0.15) is 6.92 Å². The first-order chi connectivity index (χ1) is 9.15. The SMILES string of the molecule is C[C@H]1NC(=S)N(C[C@H]2COc3ccccc3O2)C1=O. The number of carbonyl (C=O) groups excluding carboxylic acids is 1. The minimum atomic E-state index is -0.260. The highest BCUT2D eigenvalue weighted by Gasteiger charge is 2.35. The zero-order valence-corrected chi connectivity index (χ0v) is 11.3. The maximum atomic E-state index is 11.9. The van der Waals surface area contributed by atoms with Crippen molar-refractivity contribution in [2.75, 3.05) is 13.2 Å². The minimum absolute atomic E-state index is 0.0209. The van der Waals surface area contributed by atoms with Crippen LogP contribution in [0, 0.1) is 0 Å². The summed E-state index contributed by atoms with van der Waals surface area (Å²) in [7, 11) is 0. The van der Waals surface area contributed by atoms with E-state index in [9.17, 15) is 4.79 Å². The van der Waals surface area contributed by atoms with Gasteiger partial charge in [0.05, 0.1) is 6.54 Å². The molecule has 1 amide bonds. The van der Waals surface area contributed by atoms with Gasteiger partial charge in [0.15, 0.2) is 22.7 Å². The van der Waals surface area contributed by atoms with Crippen molar-refractivity contribution in [2.45, 2.75) is 19.1 Å². The van der Waals surface area contributed by atoms with Crippen molar-refractivity contribution < 1.29 is 14.3 Å². The average molecular weight is 278 g/mol. The second-order valence-corrected chi connectivity index (χ2v) is 5.00. The highest BCUT2D eigenvalue weighted by molar-refractivity contribution is 7.80. The van der Waals surface area contributed by atoms with E-state index < -0.39 is 0 Å². The Morgan fingerprint density at radius 3 is 2.84 bits per heavy atom. The van der Waals surface area contributed by atoms with E-state index in [2.05, 4.69) is 5.32 Å². The molecule has 5 nitrogen and oxygen atoms in total. The zero-order chi connectivity index (χ0) is 13.4. The Morgan fingerprint density at radius 1 is 1.42 bits per heavy atom. The Labute approximate surface area is 116 Å². The molecule has 2 heterocycles. The molecule has 0 spiro atoms. The van der Waals surface area contributed by atoms with Crippen LogP contribution in [0.2, 0.25) is 0 Å². The summed E-state index contributed by atoms with van der Waals surface area (Å²) in [6.45, 7) is 2.61. The van der Waals surface area contributed by atoms with Gasteiger partial charge in [-0.15, -0.1) is 0 Å². The van der Waals surface area contributed by atoms with Gasteiger partial charge >= 0.3 is 0 Å². The molecule has 2 atom stereocenters. The molecule has 100 valence electrons. The lowest BCUT2D eigenvalue weighted by atomic mass is 10.2. The van der Waals surface area contributed by atoms with Crippen LogP contribution in [0.4, 0.5) is 0 Å². The summed E-state index contributed by atoms with van der Waals surface area (Å²) < 4.78 is 11.4. The molecule has 0 aliphatic carbocycles. The van der Waals surface area contributed by atoms with E-state index in [1.165, 1.54) is 0 Å². The minimum Gasteiger partial charge on any atom is -0.486 e. The molecule has 1 aromatic carbocycles.